The molecule has 0 saturated carbocycles. The summed E-state index contributed by atoms with van der Waals surface area (Å²) in [7, 11) is -2.25. The highest BCUT2D eigenvalue weighted by Gasteiger charge is 2.30. The van der Waals surface area contributed by atoms with E-state index in [1.807, 2.05) is 6.92 Å². The molecular formula is C23H26N2O5S. The fraction of sp³-hybridized carbons (Fsp3) is 0.261. The third-order valence-corrected chi connectivity index (χ3v) is 6.80. The minimum Gasteiger partial charge on any atom is -0.497 e. The molecule has 3 rings (SSSR count). The monoisotopic (exact) mass is 442 g/mol. The van der Waals surface area contributed by atoms with Crippen LogP contribution < -0.4 is 10.5 Å². The van der Waals surface area contributed by atoms with Crippen LogP contribution in [0.5, 0.6) is 5.75 Å². The average molecular weight is 443 g/mol. The minimum absolute atomic E-state index is 0.0567. The number of ether oxygens (including phenoxy) is 2. The Labute approximate surface area is 182 Å². The van der Waals surface area contributed by atoms with Crippen LogP contribution in [0.4, 0.5) is 0 Å². The molecule has 2 N–H and O–H groups in total. The van der Waals surface area contributed by atoms with Crippen LogP contribution in [0.3, 0.4) is 0 Å². The van der Waals surface area contributed by atoms with E-state index in [2.05, 4.69) is 0 Å². The number of nitrogens with two attached hydrogens (primary N) is 1. The molecule has 31 heavy (non-hydrogen) atoms. The Bertz CT molecular complexity index is 1120. The fourth-order valence-electron chi connectivity index (χ4n) is 3.32. The van der Waals surface area contributed by atoms with E-state index in [1.165, 1.54) is 4.31 Å². The van der Waals surface area contributed by atoms with Crippen molar-refractivity contribution in [2.45, 2.75) is 18.7 Å². The zero-order valence-corrected chi connectivity index (χ0v) is 18.6. The van der Waals surface area contributed by atoms with E-state index >= 15 is 0 Å². The number of hydrogen-bond acceptors (Lipinski definition) is 6. The maximum Gasteiger partial charge on any atom is 0.340 e. The molecule has 0 saturated heterocycles. The molecule has 0 aliphatic carbocycles. The molecule has 0 radical (unpaired) electrons. The summed E-state index contributed by atoms with van der Waals surface area (Å²) in [5.74, 6) is 0.0767. The molecule has 0 amide bonds. The van der Waals surface area contributed by atoms with E-state index < -0.39 is 16.0 Å². The van der Waals surface area contributed by atoms with Crippen molar-refractivity contribution in [2.24, 2.45) is 5.73 Å². The molecule has 1 heterocycles. The number of nitrogens with zero attached hydrogens (tertiary/aromatic N) is 1. The van der Waals surface area contributed by atoms with Crippen LogP contribution >= 0.6 is 0 Å². The predicted molar refractivity (Wildman–Crippen MR) is 119 cm³/mol. The summed E-state index contributed by atoms with van der Waals surface area (Å²) in [5, 5.41) is 0. The van der Waals surface area contributed by atoms with Crippen LogP contribution in [0.1, 0.15) is 18.1 Å². The lowest BCUT2D eigenvalue weighted by Gasteiger charge is -2.20. The molecule has 164 valence electrons. The average Bonchev–Trinajstić information content (AvgIpc) is 2.93. The van der Waals surface area contributed by atoms with E-state index in [-0.39, 0.29) is 35.9 Å². The van der Waals surface area contributed by atoms with Gasteiger partial charge in [-0.3, -0.25) is 0 Å². The van der Waals surface area contributed by atoms with Gasteiger partial charge in [0.1, 0.15) is 5.75 Å². The number of rotatable bonds is 6. The maximum absolute atomic E-state index is 13.2. The number of carbonyl (C=O) groups excluding carboxylic acids is 1. The van der Waals surface area contributed by atoms with Crippen LogP contribution in [0.15, 0.2) is 70.8 Å². The van der Waals surface area contributed by atoms with Crippen molar-refractivity contribution in [3.05, 3.63) is 77.0 Å². The Balaban J connectivity index is 2.07. The molecule has 0 atom stereocenters. The van der Waals surface area contributed by atoms with Gasteiger partial charge < -0.3 is 15.2 Å². The van der Waals surface area contributed by atoms with Gasteiger partial charge in [0.2, 0.25) is 10.0 Å². The largest absolute Gasteiger partial charge is 0.497 e. The van der Waals surface area contributed by atoms with Gasteiger partial charge >= 0.3 is 5.97 Å². The first-order valence-corrected chi connectivity index (χ1v) is 11.3. The predicted octanol–water partition coefficient (Wildman–Crippen LogP) is 2.87. The number of hydrogen-bond donors (Lipinski definition) is 1. The first-order valence-electron chi connectivity index (χ1n) is 9.85. The van der Waals surface area contributed by atoms with E-state index in [9.17, 15) is 13.2 Å². The lowest BCUT2D eigenvalue weighted by atomic mass is 9.96. The smallest absolute Gasteiger partial charge is 0.340 e. The van der Waals surface area contributed by atoms with Gasteiger partial charge in [-0.25, -0.2) is 13.2 Å². The first kappa shape index (κ1) is 22.6. The van der Waals surface area contributed by atoms with Crippen molar-refractivity contribution in [1.82, 2.24) is 4.31 Å². The molecule has 0 unspecified atom stereocenters. The Hall–Kier alpha value is -3.10. The lowest BCUT2D eigenvalue weighted by molar-refractivity contribution is -0.138. The summed E-state index contributed by atoms with van der Waals surface area (Å²) in [6.45, 7) is 3.70. The van der Waals surface area contributed by atoms with Crippen molar-refractivity contribution in [3.8, 4) is 5.75 Å². The summed E-state index contributed by atoms with van der Waals surface area (Å²) in [5.41, 5.74) is 8.79. The quantitative estimate of drug-likeness (QED) is 0.691. The molecule has 1 aliphatic heterocycles. The van der Waals surface area contributed by atoms with Crippen LogP contribution in [0.2, 0.25) is 0 Å². The molecule has 1 aliphatic rings. The van der Waals surface area contributed by atoms with Gasteiger partial charge in [0, 0.05) is 12.2 Å². The molecule has 0 bridgehead atoms. The van der Waals surface area contributed by atoms with Crippen LogP contribution in [0.25, 0.3) is 5.57 Å². The Morgan fingerprint density at radius 1 is 1.10 bits per heavy atom. The summed E-state index contributed by atoms with van der Waals surface area (Å²) in [6.07, 6.45) is 1.69. The molecule has 2 aromatic rings. The standard InChI is InChI=1S/C23H26N2O5S/c1-4-30-23(26)22-20(17-7-9-18(29-3)10-8-17)13-14-25(15-21(22)24)31(27,28)19-11-5-16(2)6-12-19/h5-13H,4,14-15,24H2,1-3H3. The van der Waals surface area contributed by atoms with Gasteiger partial charge in [-0.15, -0.1) is 0 Å². The Kier molecular flexibility index (Phi) is 6.82. The van der Waals surface area contributed by atoms with Crippen molar-refractivity contribution < 1.29 is 22.7 Å². The molecular weight excluding hydrogens is 416 g/mol. The van der Waals surface area contributed by atoms with E-state index in [1.54, 1.807) is 68.6 Å². The van der Waals surface area contributed by atoms with E-state index in [4.69, 9.17) is 15.2 Å². The number of sulfonamides is 1. The number of benzene rings is 2. The molecule has 8 heteroatoms. The number of methoxy groups -OCH3 is 1. The van der Waals surface area contributed by atoms with Crippen molar-refractivity contribution >= 4 is 21.6 Å². The van der Waals surface area contributed by atoms with E-state index in [0.29, 0.717) is 16.9 Å². The third kappa shape index (κ3) is 4.81. The second-order valence-electron chi connectivity index (χ2n) is 7.08. The van der Waals surface area contributed by atoms with Crippen molar-refractivity contribution in [3.63, 3.8) is 0 Å². The van der Waals surface area contributed by atoms with Crippen LogP contribution in [0, 0.1) is 6.92 Å². The van der Waals surface area contributed by atoms with Gasteiger partial charge in [-0.2, -0.15) is 4.31 Å². The normalized spacial score (nSPS) is 15.3. The van der Waals surface area contributed by atoms with Gasteiger partial charge in [0.25, 0.3) is 0 Å². The summed E-state index contributed by atoms with van der Waals surface area (Å²) in [4.78, 5) is 12.9. The topological polar surface area (TPSA) is 98.9 Å². The number of esters is 1. The second kappa shape index (κ2) is 9.36. The van der Waals surface area contributed by atoms with Crippen molar-refractivity contribution in [1.29, 1.82) is 0 Å². The molecule has 0 aromatic heterocycles. The van der Waals surface area contributed by atoms with Gasteiger partial charge in [-0.05, 0) is 49.2 Å². The van der Waals surface area contributed by atoms with Crippen LogP contribution in [-0.2, 0) is 19.6 Å². The molecule has 2 aromatic carbocycles. The summed E-state index contributed by atoms with van der Waals surface area (Å²) >= 11 is 0. The zero-order chi connectivity index (χ0) is 22.6. The summed E-state index contributed by atoms with van der Waals surface area (Å²) in [6, 6.07) is 13.7. The number of carbonyl (C=O) groups is 1. The maximum atomic E-state index is 13.2. The van der Waals surface area contributed by atoms with Crippen molar-refractivity contribution in [2.75, 3.05) is 26.8 Å². The minimum atomic E-state index is -3.81. The van der Waals surface area contributed by atoms with E-state index in [0.717, 1.165) is 5.56 Å². The number of aryl methyl sites for hydroxylation is 1. The molecule has 0 fully saturated rings. The molecule has 7 nitrogen and oxygen atoms in total. The Morgan fingerprint density at radius 3 is 2.32 bits per heavy atom. The lowest BCUT2D eigenvalue weighted by Crippen LogP contribution is -2.34. The third-order valence-electron chi connectivity index (χ3n) is 4.98. The summed E-state index contributed by atoms with van der Waals surface area (Å²) < 4.78 is 38.1. The second-order valence-corrected chi connectivity index (χ2v) is 9.02. The SMILES string of the molecule is CCOC(=O)C1=C(N)CN(S(=O)(=O)c2ccc(C)cc2)CC=C1c1ccc(OC)cc1. The zero-order valence-electron chi connectivity index (χ0n) is 17.8. The highest BCUT2D eigenvalue weighted by molar-refractivity contribution is 7.89. The highest BCUT2D eigenvalue weighted by atomic mass is 32.2. The van der Waals surface area contributed by atoms with Gasteiger partial charge in [0.05, 0.1) is 30.7 Å². The molecule has 0 spiro atoms. The van der Waals surface area contributed by atoms with Crippen LogP contribution in [-0.4, -0.2) is 45.5 Å². The Morgan fingerprint density at radius 2 is 1.74 bits per heavy atom. The fourth-order valence-corrected chi connectivity index (χ4v) is 4.68. The van der Waals surface area contributed by atoms with Gasteiger partial charge in [0.15, 0.2) is 0 Å². The highest BCUT2D eigenvalue weighted by Crippen LogP contribution is 2.31. The van der Waals surface area contributed by atoms with Gasteiger partial charge in [-0.1, -0.05) is 35.9 Å². The first-order chi connectivity index (χ1) is 14.8.